The SMILES string of the molecule is NN1CCCC1c1ccc(F)cc1. The lowest BCUT2D eigenvalue weighted by Gasteiger charge is -2.18. The van der Waals surface area contributed by atoms with Gasteiger partial charge in [-0.25, -0.2) is 9.40 Å². The highest BCUT2D eigenvalue weighted by Gasteiger charge is 2.22. The summed E-state index contributed by atoms with van der Waals surface area (Å²) < 4.78 is 12.6. The summed E-state index contributed by atoms with van der Waals surface area (Å²) in [6.07, 6.45) is 2.20. The zero-order valence-corrected chi connectivity index (χ0v) is 7.41. The molecule has 1 aromatic rings. The summed E-state index contributed by atoms with van der Waals surface area (Å²) in [7, 11) is 0. The van der Waals surface area contributed by atoms with Crippen LogP contribution in [0.4, 0.5) is 4.39 Å². The number of hydrogen-bond donors (Lipinski definition) is 1. The van der Waals surface area contributed by atoms with Crippen molar-refractivity contribution >= 4 is 0 Å². The molecule has 1 heterocycles. The van der Waals surface area contributed by atoms with Crippen molar-refractivity contribution in [2.75, 3.05) is 6.54 Å². The van der Waals surface area contributed by atoms with Crippen LogP contribution in [-0.4, -0.2) is 11.6 Å². The van der Waals surface area contributed by atoms with E-state index in [1.165, 1.54) is 12.1 Å². The fourth-order valence-corrected chi connectivity index (χ4v) is 1.83. The standard InChI is InChI=1S/C10H13FN2/c11-9-5-3-8(4-6-9)10-2-1-7-13(10)12/h3-6,10H,1-2,7,12H2. The van der Waals surface area contributed by atoms with Gasteiger partial charge in [0.15, 0.2) is 0 Å². The van der Waals surface area contributed by atoms with Gasteiger partial charge < -0.3 is 0 Å². The van der Waals surface area contributed by atoms with Gasteiger partial charge in [0.05, 0.1) is 0 Å². The molecule has 0 bridgehead atoms. The number of hydrogen-bond acceptors (Lipinski definition) is 2. The highest BCUT2D eigenvalue weighted by atomic mass is 19.1. The molecule has 13 heavy (non-hydrogen) atoms. The zero-order chi connectivity index (χ0) is 9.26. The molecule has 0 aliphatic carbocycles. The second-order valence-electron chi connectivity index (χ2n) is 3.45. The maximum absolute atomic E-state index is 12.6. The molecule has 70 valence electrons. The molecule has 2 rings (SSSR count). The molecule has 2 N–H and O–H groups in total. The molecule has 1 saturated heterocycles. The number of nitrogens with zero attached hydrogens (tertiary/aromatic N) is 1. The van der Waals surface area contributed by atoms with Crippen LogP contribution in [0.3, 0.4) is 0 Å². The van der Waals surface area contributed by atoms with Crippen LogP contribution in [0.2, 0.25) is 0 Å². The number of halogens is 1. The van der Waals surface area contributed by atoms with Crippen LogP contribution in [0, 0.1) is 5.82 Å². The first-order chi connectivity index (χ1) is 6.27. The Morgan fingerprint density at radius 3 is 2.54 bits per heavy atom. The van der Waals surface area contributed by atoms with Crippen molar-refractivity contribution in [2.24, 2.45) is 5.84 Å². The van der Waals surface area contributed by atoms with Gasteiger partial charge in [-0.05, 0) is 30.5 Å². The average molecular weight is 180 g/mol. The molecule has 0 spiro atoms. The fourth-order valence-electron chi connectivity index (χ4n) is 1.83. The minimum absolute atomic E-state index is 0.190. The summed E-state index contributed by atoms with van der Waals surface area (Å²) in [6, 6.07) is 6.87. The molecule has 0 saturated carbocycles. The third-order valence-electron chi connectivity index (χ3n) is 2.55. The summed E-state index contributed by atoms with van der Waals surface area (Å²) in [5, 5.41) is 1.83. The van der Waals surface area contributed by atoms with E-state index in [0.29, 0.717) is 0 Å². The van der Waals surface area contributed by atoms with Crippen molar-refractivity contribution in [3.05, 3.63) is 35.6 Å². The first kappa shape index (κ1) is 8.66. The Morgan fingerprint density at radius 1 is 1.31 bits per heavy atom. The molecule has 0 radical (unpaired) electrons. The highest BCUT2D eigenvalue weighted by Crippen LogP contribution is 2.28. The Bertz CT molecular complexity index is 283. The third-order valence-corrected chi connectivity index (χ3v) is 2.55. The van der Waals surface area contributed by atoms with E-state index in [4.69, 9.17) is 5.84 Å². The molecule has 1 unspecified atom stereocenters. The van der Waals surface area contributed by atoms with E-state index < -0.39 is 0 Å². The summed E-state index contributed by atoms with van der Waals surface area (Å²) in [5.74, 6) is 5.60. The van der Waals surface area contributed by atoms with Gasteiger partial charge in [-0.1, -0.05) is 12.1 Å². The van der Waals surface area contributed by atoms with Crippen molar-refractivity contribution in [3.63, 3.8) is 0 Å². The molecule has 2 nitrogen and oxygen atoms in total. The third kappa shape index (κ3) is 1.71. The lowest BCUT2D eigenvalue weighted by molar-refractivity contribution is 0.266. The smallest absolute Gasteiger partial charge is 0.123 e. The molecule has 1 aliphatic heterocycles. The summed E-state index contributed by atoms with van der Waals surface area (Å²) in [5.41, 5.74) is 1.11. The molecule has 0 amide bonds. The lowest BCUT2D eigenvalue weighted by atomic mass is 10.1. The molecular weight excluding hydrogens is 167 g/mol. The van der Waals surface area contributed by atoms with Crippen LogP contribution in [0.15, 0.2) is 24.3 Å². The van der Waals surface area contributed by atoms with Gasteiger partial charge in [0, 0.05) is 12.6 Å². The minimum atomic E-state index is -0.190. The van der Waals surface area contributed by atoms with Crippen molar-refractivity contribution in [2.45, 2.75) is 18.9 Å². The van der Waals surface area contributed by atoms with Crippen molar-refractivity contribution in [1.29, 1.82) is 0 Å². The second kappa shape index (κ2) is 3.44. The normalized spacial score (nSPS) is 23.7. The number of nitrogens with two attached hydrogens (primary N) is 1. The van der Waals surface area contributed by atoms with E-state index in [1.54, 1.807) is 0 Å². The molecular formula is C10H13FN2. The van der Waals surface area contributed by atoms with E-state index in [0.717, 1.165) is 24.9 Å². The first-order valence-corrected chi connectivity index (χ1v) is 4.54. The zero-order valence-electron chi connectivity index (χ0n) is 7.41. The average Bonchev–Trinajstić information content (AvgIpc) is 2.53. The van der Waals surface area contributed by atoms with Crippen LogP contribution >= 0.6 is 0 Å². The van der Waals surface area contributed by atoms with Crippen LogP contribution in [0.5, 0.6) is 0 Å². The molecule has 0 aromatic heterocycles. The van der Waals surface area contributed by atoms with E-state index in [-0.39, 0.29) is 11.9 Å². The summed E-state index contributed by atoms with van der Waals surface area (Å²) in [6.45, 7) is 0.933. The van der Waals surface area contributed by atoms with Crippen LogP contribution in [-0.2, 0) is 0 Å². The lowest BCUT2D eigenvalue weighted by Crippen LogP contribution is -2.30. The number of rotatable bonds is 1. The van der Waals surface area contributed by atoms with E-state index in [2.05, 4.69) is 0 Å². The Balaban J connectivity index is 2.20. The molecule has 1 fully saturated rings. The highest BCUT2D eigenvalue weighted by molar-refractivity contribution is 5.20. The Hall–Kier alpha value is -0.930. The molecule has 3 heteroatoms. The largest absolute Gasteiger partial charge is 0.268 e. The van der Waals surface area contributed by atoms with Crippen molar-refractivity contribution in [3.8, 4) is 0 Å². The van der Waals surface area contributed by atoms with Crippen molar-refractivity contribution < 1.29 is 4.39 Å². The maximum atomic E-state index is 12.6. The molecule has 1 aromatic carbocycles. The van der Waals surface area contributed by atoms with Gasteiger partial charge in [0.25, 0.3) is 0 Å². The molecule has 1 aliphatic rings. The van der Waals surface area contributed by atoms with Gasteiger partial charge in [-0.2, -0.15) is 0 Å². The van der Waals surface area contributed by atoms with Crippen molar-refractivity contribution in [1.82, 2.24) is 5.01 Å². The van der Waals surface area contributed by atoms with E-state index >= 15 is 0 Å². The Morgan fingerprint density at radius 2 is 2.00 bits per heavy atom. The Kier molecular flexibility index (Phi) is 2.29. The maximum Gasteiger partial charge on any atom is 0.123 e. The monoisotopic (exact) mass is 180 g/mol. The predicted molar refractivity (Wildman–Crippen MR) is 49.3 cm³/mol. The summed E-state index contributed by atoms with van der Waals surface area (Å²) >= 11 is 0. The topological polar surface area (TPSA) is 29.3 Å². The van der Waals surface area contributed by atoms with Gasteiger partial charge in [-0.3, -0.25) is 5.84 Å². The summed E-state index contributed by atoms with van der Waals surface area (Å²) in [4.78, 5) is 0. The number of hydrazine groups is 1. The quantitative estimate of drug-likeness (QED) is 0.668. The van der Waals surface area contributed by atoms with Gasteiger partial charge in [-0.15, -0.1) is 0 Å². The van der Waals surface area contributed by atoms with Gasteiger partial charge >= 0.3 is 0 Å². The fraction of sp³-hybridized carbons (Fsp3) is 0.400. The van der Waals surface area contributed by atoms with Crippen LogP contribution < -0.4 is 5.84 Å². The van der Waals surface area contributed by atoms with E-state index in [9.17, 15) is 4.39 Å². The van der Waals surface area contributed by atoms with E-state index in [1.807, 2.05) is 17.1 Å². The predicted octanol–water partition coefficient (Wildman–Crippen LogP) is 1.84. The Labute approximate surface area is 77.1 Å². The number of benzene rings is 1. The molecule has 1 atom stereocenters. The first-order valence-electron chi connectivity index (χ1n) is 4.54. The second-order valence-corrected chi connectivity index (χ2v) is 3.45. The minimum Gasteiger partial charge on any atom is -0.268 e. The van der Waals surface area contributed by atoms with Crippen LogP contribution in [0.1, 0.15) is 24.4 Å². The van der Waals surface area contributed by atoms with Gasteiger partial charge in [0.2, 0.25) is 0 Å². The van der Waals surface area contributed by atoms with Gasteiger partial charge in [0.1, 0.15) is 5.82 Å². The van der Waals surface area contributed by atoms with Crippen LogP contribution in [0.25, 0.3) is 0 Å².